The monoisotopic (exact) mass is 270 g/mol. The second-order valence-corrected chi connectivity index (χ2v) is 5.41. The van der Waals surface area contributed by atoms with E-state index in [1.54, 1.807) is 6.20 Å². The van der Waals surface area contributed by atoms with E-state index in [2.05, 4.69) is 37.9 Å². The second-order valence-electron chi connectivity index (χ2n) is 5.41. The lowest BCUT2D eigenvalue weighted by Gasteiger charge is -2.14. The Morgan fingerprint density at radius 1 is 1.20 bits per heavy atom. The molecule has 0 amide bonds. The van der Waals surface area contributed by atoms with Gasteiger partial charge in [0, 0.05) is 30.1 Å². The molecule has 0 aliphatic rings. The van der Waals surface area contributed by atoms with E-state index in [4.69, 9.17) is 10.5 Å². The fourth-order valence-corrected chi connectivity index (χ4v) is 2.30. The van der Waals surface area contributed by atoms with Crippen LogP contribution in [-0.4, -0.2) is 4.98 Å². The lowest BCUT2D eigenvalue weighted by atomic mass is 9.98. The summed E-state index contributed by atoms with van der Waals surface area (Å²) in [5, 5.41) is 0. The van der Waals surface area contributed by atoms with Crippen molar-refractivity contribution < 1.29 is 4.74 Å². The Balaban J connectivity index is 2.31. The normalized spacial score (nSPS) is 10.9. The summed E-state index contributed by atoms with van der Waals surface area (Å²) in [6.45, 7) is 8.87. The van der Waals surface area contributed by atoms with Gasteiger partial charge in [0.25, 0.3) is 0 Å². The SMILES string of the molecule is Cc1cc(Oc2ccc(C(C)C)c(C)c2)c(CN)cn1. The first-order valence-electron chi connectivity index (χ1n) is 6.95. The van der Waals surface area contributed by atoms with E-state index < -0.39 is 0 Å². The quantitative estimate of drug-likeness (QED) is 0.911. The maximum atomic E-state index is 5.98. The molecule has 106 valence electrons. The van der Waals surface area contributed by atoms with E-state index in [0.29, 0.717) is 12.5 Å². The fourth-order valence-electron chi connectivity index (χ4n) is 2.30. The third-order valence-electron chi connectivity index (χ3n) is 3.39. The van der Waals surface area contributed by atoms with Crippen molar-refractivity contribution >= 4 is 0 Å². The Labute approximate surface area is 120 Å². The first-order valence-corrected chi connectivity index (χ1v) is 6.95. The fraction of sp³-hybridized carbons (Fsp3) is 0.353. The van der Waals surface area contributed by atoms with Crippen molar-refractivity contribution in [3.8, 4) is 11.5 Å². The van der Waals surface area contributed by atoms with Gasteiger partial charge in [0.1, 0.15) is 11.5 Å². The van der Waals surface area contributed by atoms with E-state index in [0.717, 1.165) is 22.8 Å². The van der Waals surface area contributed by atoms with Crippen LogP contribution in [0.1, 0.15) is 42.1 Å². The average Bonchev–Trinajstić information content (AvgIpc) is 2.38. The molecule has 1 aromatic carbocycles. The summed E-state index contributed by atoms with van der Waals surface area (Å²) in [6.07, 6.45) is 1.78. The van der Waals surface area contributed by atoms with Crippen molar-refractivity contribution in [3.05, 3.63) is 52.8 Å². The molecule has 0 unspecified atom stereocenters. The predicted molar refractivity (Wildman–Crippen MR) is 82.2 cm³/mol. The lowest BCUT2D eigenvalue weighted by Crippen LogP contribution is -2.01. The molecule has 0 aliphatic heterocycles. The third kappa shape index (κ3) is 3.17. The highest BCUT2D eigenvalue weighted by Gasteiger charge is 2.08. The number of hydrogen-bond donors (Lipinski definition) is 1. The van der Waals surface area contributed by atoms with Gasteiger partial charge in [0.2, 0.25) is 0 Å². The molecule has 0 spiro atoms. The third-order valence-corrected chi connectivity index (χ3v) is 3.39. The van der Waals surface area contributed by atoms with Crippen molar-refractivity contribution in [2.24, 2.45) is 5.73 Å². The van der Waals surface area contributed by atoms with E-state index in [-0.39, 0.29) is 0 Å². The van der Waals surface area contributed by atoms with Gasteiger partial charge in [-0.2, -0.15) is 0 Å². The van der Waals surface area contributed by atoms with Crippen LogP contribution >= 0.6 is 0 Å². The maximum absolute atomic E-state index is 5.98. The number of aryl methyl sites for hydroxylation is 2. The maximum Gasteiger partial charge on any atom is 0.135 e. The number of pyridine rings is 1. The molecule has 2 N–H and O–H groups in total. The van der Waals surface area contributed by atoms with Crippen LogP contribution in [0.3, 0.4) is 0 Å². The standard InChI is InChI=1S/C17H22N2O/c1-11(2)16-6-5-15(7-12(16)3)20-17-8-13(4)19-10-14(17)9-18/h5-8,10-11H,9,18H2,1-4H3. The minimum absolute atomic E-state index is 0.422. The molecule has 1 heterocycles. The summed E-state index contributed by atoms with van der Waals surface area (Å²) < 4.78 is 5.98. The molecule has 0 atom stereocenters. The lowest BCUT2D eigenvalue weighted by molar-refractivity contribution is 0.474. The summed E-state index contributed by atoms with van der Waals surface area (Å²) >= 11 is 0. The zero-order valence-corrected chi connectivity index (χ0v) is 12.6. The highest BCUT2D eigenvalue weighted by Crippen LogP contribution is 2.29. The van der Waals surface area contributed by atoms with Gasteiger partial charge in [0.15, 0.2) is 0 Å². The number of nitrogens with zero attached hydrogens (tertiary/aromatic N) is 1. The van der Waals surface area contributed by atoms with Crippen molar-refractivity contribution in [3.63, 3.8) is 0 Å². The minimum Gasteiger partial charge on any atom is -0.457 e. The molecule has 0 fully saturated rings. The Morgan fingerprint density at radius 3 is 2.55 bits per heavy atom. The topological polar surface area (TPSA) is 48.1 Å². The molecule has 2 rings (SSSR count). The highest BCUT2D eigenvalue weighted by molar-refractivity contribution is 5.41. The molecular formula is C17H22N2O. The minimum atomic E-state index is 0.422. The van der Waals surface area contributed by atoms with Crippen LogP contribution in [-0.2, 0) is 6.54 Å². The van der Waals surface area contributed by atoms with Crippen molar-refractivity contribution in [1.82, 2.24) is 4.98 Å². The van der Waals surface area contributed by atoms with Crippen molar-refractivity contribution in [1.29, 1.82) is 0 Å². The molecule has 20 heavy (non-hydrogen) atoms. The van der Waals surface area contributed by atoms with Crippen LogP contribution < -0.4 is 10.5 Å². The first kappa shape index (κ1) is 14.5. The predicted octanol–water partition coefficient (Wildman–Crippen LogP) is 4.07. The Hall–Kier alpha value is -1.87. The molecule has 0 saturated carbocycles. The first-order chi connectivity index (χ1) is 9.51. The molecule has 0 aliphatic carbocycles. The number of hydrogen-bond acceptors (Lipinski definition) is 3. The van der Waals surface area contributed by atoms with Gasteiger partial charge in [-0.05, 0) is 43.0 Å². The number of aromatic nitrogens is 1. The summed E-state index contributed by atoms with van der Waals surface area (Å²) in [6, 6.07) is 8.14. The molecule has 3 heteroatoms. The van der Waals surface area contributed by atoms with Gasteiger partial charge in [0.05, 0.1) is 0 Å². The number of ether oxygens (including phenoxy) is 1. The van der Waals surface area contributed by atoms with Crippen molar-refractivity contribution in [2.75, 3.05) is 0 Å². The van der Waals surface area contributed by atoms with Gasteiger partial charge in [-0.25, -0.2) is 0 Å². The zero-order valence-electron chi connectivity index (χ0n) is 12.6. The summed E-state index contributed by atoms with van der Waals surface area (Å²) in [4.78, 5) is 4.25. The smallest absolute Gasteiger partial charge is 0.135 e. The van der Waals surface area contributed by atoms with E-state index >= 15 is 0 Å². The zero-order chi connectivity index (χ0) is 14.7. The average molecular weight is 270 g/mol. The second kappa shape index (κ2) is 6.06. The van der Waals surface area contributed by atoms with Crippen LogP contribution in [0, 0.1) is 13.8 Å². The number of benzene rings is 1. The summed E-state index contributed by atoms with van der Waals surface area (Å²) in [7, 11) is 0. The van der Waals surface area contributed by atoms with Crippen molar-refractivity contribution in [2.45, 2.75) is 40.2 Å². The van der Waals surface area contributed by atoms with Crippen LogP contribution in [0.4, 0.5) is 0 Å². The van der Waals surface area contributed by atoms with Gasteiger partial charge in [-0.3, -0.25) is 4.98 Å². The van der Waals surface area contributed by atoms with Gasteiger partial charge in [-0.1, -0.05) is 19.9 Å². The largest absolute Gasteiger partial charge is 0.457 e. The molecule has 0 bridgehead atoms. The van der Waals surface area contributed by atoms with E-state index in [1.807, 2.05) is 19.1 Å². The van der Waals surface area contributed by atoms with Crippen LogP contribution in [0.5, 0.6) is 11.5 Å². The number of rotatable bonds is 4. The molecular weight excluding hydrogens is 248 g/mol. The van der Waals surface area contributed by atoms with Crippen LogP contribution in [0.2, 0.25) is 0 Å². The van der Waals surface area contributed by atoms with Gasteiger partial charge in [-0.15, -0.1) is 0 Å². The van der Waals surface area contributed by atoms with Crippen LogP contribution in [0.25, 0.3) is 0 Å². The molecule has 3 nitrogen and oxygen atoms in total. The number of nitrogens with two attached hydrogens (primary N) is 1. The Kier molecular flexibility index (Phi) is 4.40. The molecule has 1 aromatic heterocycles. The van der Waals surface area contributed by atoms with E-state index in [1.165, 1.54) is 11.1 Å². The summed E-state index contributed by atoms with van der Waals surface area (Å²) in [5.41, 5.74) is 10.2. The Morgan fingerprint density at radius 2 is 1.95 bits per heavy atom. The van der Waals surface area contributed by atoms with Gasteiger partial charge >= 0.3 is 0 Å². The Bertz CT molecular complexity index is 606. The van der Waals surface area contributed by atoms with E-state index in [9.17, 15) is 0 Å². The summed E-state index contributed by atoms with van der Waals surface area (Å²) in [5.74, 6) is 2.15. The molecule has 0 radical (unpaired) electrons. The van der Waals surface area contributed by atoms with Gasteiger partial charge < -0.3 is 10.5 Å². The van der Waals surface area contributed by atoms with Crippen LogP contribution in [0.15, 0.2) is 30.5 Å². The highest BCUT2D eigenvalue weighted by atomic mass is 16.5. The molecule has 0 saturated heterocycles. The molecule has 2 aromatic rings.